The van der Waals surface area contributed by atoms with Crippen LogP contribution in [-0.4, -0.2) is 10.8 Å². The van der Waals surface area contributed by atoms with Crippen LogP contribution >= 0.6 is 11.8 Å². The summed E-state index contributed by atoms with van der Waals surface area (Å²) in [7, 11) is 0. The lowest BCUT2D eigenvalue weighted by atomic mass is 10.1. The zero-order valence-corrected chi connectivity index (χ0v) is 13.4. The van der Waals surface area contributed by atoms with Crippen molar-refractivity contribution in [2.75, 3.05) is 0 Å². The molecule has 0 aliphatic rings. The van der Waals surface area contributed by atoms with Gasteiger partial charge in [0.1, 0.15) is 0 Å². The number of hydrogen-bond donors (Lipinski definition) is 1. The molecule has 0 amide bonds. The summed E-state index contributed by atoms with van der Waals surface area (Å²) in [5.41, 5.74) is 1.53. The molecule has 0 heterocycles. The Labute approximate surface area is 117 Å². The highest BCUT2D eigenvalue weighted by Crippen LogP contribution is 2.27. The van der Waals surface area contributed by atoms with E-state index in [0.29, 0.717) is 5.25 Å². The van der Waals surface area contributed by atoms with E-state index >= 15 is 0 Å². The first-order valence-corrected chi connectivity index (χ1v) is 7.66. The van der Waals surface area contributed by atoms with Gasteiger partial charge in [0.25, 0.3) is 0 Å². The lowest BCUT2D eigenvalue weighted by Gasteiger charge is -2.20. The Morgan fingerprint density at radius 3 is 2.06 bits per heavy atom. The third kappa shape index (κ3) is 5.92. The minimum absolute atomic E-state index is 0.180. The molecule has 2 heteroatoms. The molecule has 0 fully saturated rings. The van der Waals surface area contributed by atoms with Gasteiger partial charge in [0, 0.05) is 22.2 Å². The Balaban J connectivity index is 2.52. The van der Waals surface area contributed by atoms with Crippen molar-refractivity contribution >= 4 is 11.8 Å². The maximum atomic E-state index is 3.51. The summed E-state index contributed by atoms with van der Waals surface area (Å²) in [5, 5.41) is 4.18. The number of thioether (sulfide) groups is 1. The molecule has 1 nitrogen and oxygen atoms in total. The third-order valence-corrected chi connectivity index (χ3v) is 4.47. The maximum absolute atomic E-state index is 3.51. The summed E-state index contributed by atoms with van der Waals surface area (Å²) in [6.45, 7) is 14.4. The Kier molecular flexibility index (Phi) is 5.74. The van der Waals surface area contributed by atoms with Gasteiger partial charge in [0.2, 0.25) is 0 Å². The zero-order valence-electron chi connectivity index (χ0n) is 12.6. The van der Waals surface area contributed by atoms with Crippen LogP contribution in [0.15, 0.2) is 29.2 Å². The van der Waals surface area contributed by atoms with Gasteiger partial charge < -0.3 is 5.32 Å². The van der Waals surface area contributed by atoms with E-state index in [4.69, 9.17) is 0 Å². The van der Waals surface area contributed by atoms with Crippen LogP contribution in [0.4, 0.5) is 0 Å². The lowest BCUT2D eigenvalue weighted by molar-refractivity contribution is 0.424. The molecule has 0 bridgehead atoms. The van der Waals surface area contributed by atoms with Crippen LogP contribution in [0.3, 0.4) is 0 Å². The molecule has 1 N–H and O–H groups in total. The van der Waals surface area contributed by atoms with Crippen LogP contribution < -0.4 is 5.32 Å². The van der Waals surface area contributed by atoms with Crippen LogP contribution in [0.5, 0.6) is 0 Å². The molecule has 0 saturated heterocycles. The second kappa shape index (κ2) is 6.63. The average molecular weight is 265 g/mol. The van der Waals surface area contributed by atoms with E-state index in [2.05, 4.69) is 71.1 Å². The number of benzene rings is 1. The molecule has 0 aliphatic heterocycles. The fraction of sp³-hybridized carbons (Fsp3) is 0.625. The molecule has 1 atom stereocenters. The van der Waals surface area contributed by atoms with Crippen LogP contribution in [0.1, 0.15) is 47.1 Å². The fourth-order valence-electron chi connectivity index (χ4n) is 1.40. The van der Waals surface area contributed by atoms with E-state index in [9.17, 15) is 0 Å². The summed E-state index contributed by atoms with van der Waals surface area (Å²) in [4.78, 5) is 1.37. The molecule has 102 valence electrons. The van der Waals surface area contributed by atoms with Crippen LogP contribution in [0.25, 0.3) is 0 Å². The molecule has 1 aromatic carbocycles. The molecule has 1 aromatic rings. The Morgan fingerprint density at radius 1 is 1.06 bits per heavy atom. The highest BCUT2D eigenvalue weighted by atomic mass is 32.2. The first-order valence-electron chi connectivity index (χ1n) is 6.78. The van der Waals surface area contributed by atoms with Crippen LogP contribution in [0.2, 0.25) is 0 Å². The van der Waals surface area contributed by atoms with Gasteiger partial charge in [-0.25, -0.2) is 0 Å². The Bertz CT molecular complexity index is 348. The molecule has 0 aliphatic carbocycles. The molecule has 1 unspecified atom stereocenters. The third-order valence-electron chi connectivity index (χ3n) is 3.01. The second-order valence-corrected chi connectivity index (χ2v) is 7.77. The molecular weight excluding hydrogens is 238 g/mol. The standard InChI is InChI=1S/C16H27NS/c1-12(2)13(3)18-15-9-7-14(8-10-15)11-17-16(4,5)6/h7-10,12-13,17H,11H2,1-6H3. The monoisotopic (exact) mass is 265 g/mol. The van der Waals surface area contributed by atoms with E-state index in [1.54, 1.807) is 0 Å². The first kappa shape index (κ1) is 15.6. The highest BCUT2D eigenvalue weighted by Gasteiger charge is 2.10. The van der Waals surface area contributed by atoms with Gasteiger partial charge >= 0.3 is 0 Å². The quantitative estimate of drug-likeness (QED) is 0.774. The van der Waals surface area contributed by atoms with Gasteiger partial charge in [0.15, 0.2) is 0 Å². The van der Waals surface area contributed by atoms with E-state index in [0.717, 1.165) is 12.5 Å². The molecule has 1 rings (SSSR count). The van der Waals surface area contributed by atoms with E-state index < -0.39 is 0 Å². The van der Waals surface area contributed by atoms with Crippen molar-refractivity contribution in [3.63, 3.8) is 0 Å². The smallest absolute Gasteiger partial charge is 0.0210 e. The maximum Gasteiger partial charge on any atom is 0.0210 e. The van der Waals surface area contributed by atoms with Crippen molar-refractivity contribution in [3.05, 3.63) is 29.8 Å². The predicted octanol–water partition coefficient (Wildman–Crippen LogP) is 4.71. The Morgan fingerprint density at radius 2 is 1.61 bits per heavy atom. The van der Waals surface area contributed by atoms with Crippen molar-refractivity contribution in [2.45, 2.75) is 63.8 Å². The van der Waals surface area contributed by atoms with Crippen molar-refractivity contribution in [3.8, 4) is 0 Å². The van der Waals surface area contributed by atoms with Crippen LogP contribution in [-0.2, 0) is 6.54 Å². The minimum atomic E-state index is 0.180. The second-order valence-electron chi connectivity index (χ2n) is 6.31. The summed E-state index contributed by atoms with van der Waals surface area (Å²) in [6, 6.07) is 8.94. The van der Waals surface area contributed by atoms with Gasteiger partial charge in [-0.15, -0.1) is 11.8 Å². The number of hydrogen-bond acceptors (Lipinski definition) is 2. The largest absolute Gasteiger partial charge is 0.308 e. The average Bonchev–Trinajstić information content (AvgIpc) is 2.27. The first-order chi connectivity index (χ1) is 8.28. The summed E-state index contributed by atoms with van der Waals surface area (Å²) < 4.78 is 0. The van der Waals surface area contributed by atoms with Gasteiger partial charge in [-0.3, -0.25) is 0 Å². The minimum Gasteiger partial charge on any atom is -0.308 e. The SMILES string of the molecule is CC(C)C(C)Sc1ccc(CNC(C)(C)C)cc1. The fourth-order valence-corrected chi connectivity index (χ4v) is 2.40. The van der Waals surface area contributed by atoms with Gasteiger partial charge in [0.05, 0.1) is 0 Å². The van der Waals surface area contributed by atoms with Crippen molar-refractivity contribution in [1.82, 2.24) is 5.32 Å². The van der Waals surface area contributed by atoms with Gasteiger partial charge in [-0.1, -0.05) is 32.9 Å². The van der Waals surface area contributed by atoms with E-state index in [1.807, 2.05) is 11.8 Å². The van der Waals surface area contributed by atoms with Crippen molar-refractivity contribution in [1.29, 1.82) is 0 Å². The summed E-state index contributed by atoms with van der Waals surface area (Å²) >= 11 is 1.96. The molecular formula is C16H27NS. The van der Waals surface area contributed by atoms with Crippen molar-refractivity contribution < 1.29 is 0 Å². The van der Waals surface area contributed by atoms with Crippen LogP contribution in [0, 0.1) is 5.92 Å². The molecule has 0 aromatic heterocycles. The molecule has 18 heavy (non-hydrogen) atoms. The summed E-state index contributed by atoms with van der Waals surface area (Å²) in [5.74, 6) is 0.720. The molecule has 0 spiro atoms. The number of rotatable bonds is 5. The number of nitrogens with one attached hydrogen (secondary N) is 1. The predicted molar refractivity (Wildman–Crippen MR) is 83.2 cm³/mol. The van der Waals surface area contributed by atoms with E-state index in [-0.39, 0.29) is 5.54 Å². The molecule has 0 saturated carbocycles. The molecule has 0 radical (unpaired) electrons. The topological polar surface area (TPSA) is 12.0 Å². The lowest BCUT2D eigenvalue weighted by Crippen LogP contribution is -2.35. The van der Waals surface area contributed by atoms with E-state index in [1.165, 1.54) is 10.5 Å². The highest BCUT2D eigenvalue weighted by molar-refractivity contribution is 8.00. The zero-order chi connectivity index (χ0) is 13.8. The summed E-state index contributed by atoms with van der Waals surface area (Å²) in [6.07, 6.45) is 0. The van der Waals surface area contributed by atoms with Gasteiger partial charge in [-0.05, 0) is 44.4 Å². The Hall–Kier alpha value is -0.470. The normalized spacial score (nSPS) is 13.9. The van der Waals surface area contributed by atoms with Gasteiger partial charge in [-0.2, -0.15) is 0 Å². The van der Waals surface area contributed by atoms with Crippen molar-refractivity contribution in [2.24, 2.45) is 5.92 Å².